The molecule has 5 nitrogen and oxygen atoms in total. The van der Waals surface area contributed by atoms with E-state index in [1.165, 1.54) is 11.1 Å². The topological polar surface area (TPSA) is 50.8 Å². The first-order valence-electron chi connectivity index (χ1n) is 9.74. The number of aryl methyl sites for hydroxylation is 1. The molecule has 0 aliphatic carbocycles. The molecular formula is C22H26N2O3. The molecule has 0 spiro atoms. The van der Waals surface area contributed by atoms with E-state index in [1.807, 2.05) is 23.1 Å². The fourth-order valence-corrected chi connectivity index (χ4v) is 3.89. The summed E-state index contributed by atoms with van der Waals surface area (Å²) in [5.41, 5.74) is 3.18. The summed E-state index contributed by atoms with van der Waals surface area (Å²) in [5.74, 6) is 1.41. The number of amides is 2. The number of hydrogen-bond acceptors (Lipinski definition) is 3. The average molecular weight is 366 g/mol. The fourth-order valence-electron chi connectivity index (χ4n) is 3.89. The summed E-state index contributed by atoms with van der Waals surface area (Å²) in [4.78, 5) is 15.1. The number of hydrogen-bond donors (Lipinski definition) is 1. The molecule has 0 aromatic heterocycles. The van der Waals surface area contributed by atoms with Gasteiger partial charge >= 0.3 is 6.03 Å². The molecule has 5 heteroatoms. The highest BCUT2D eigenvalue weighted by Crippen LogP contribution is 2.34. The predicted molar refractivity (Wildman–Crippen MR) is 106 cm³/mol. The molecule has 1 N–H and O–H groups in total. The summed E-state index contributed by atoms with van der Waals surface area (Å²) in [6, 6.07) is 14.1. The van der Waals surface area contributed by atoms with Crippen LogP contribution in [0.3, 0.4) is 0 Å². The zero-order chi connectivity index (χ0) is 18.6. The van der Waals surface area contributed by atoms with Crippen LogP contribution in [0.2, 0.25) is 0 Å². The Labute approximate surface area is 160 Å². The number of anilines is 1. The average Bonchev–Trinajstić information content (AvgIpc) is 2.94. The fraction of sp³-hybridized carbons (Fsp3) is 0.409. The molecule has 2 heterocycles. The normalized spacial score (nSPS) is 19.3. The highest BCUT2D eigenvalue weighted by molar-refractivity contribution is 5.90. The van der Waals surface area contributed by atoms with Crippen molar-refractivity contribution in [3.8, 4) is 11.5 Å². The number of benzene rings is 2. The van der Waals surface area contributed by atoms with E-state index < -0.39 is 0 Å². The van der Waals surface area contributed by atoms with Gasteiger partial charge < -0.3 is 19.7 Å². The maximum absolute atomic E-state index is 13.1. The minimum absolute atomic E-state index is 0.0555. The highest BCUT2D eigenvalue weighted by atomic mass is 16.6. The van der Waals surface area contributed by atoms with E-state index in [-0.39, 0.29) is 12.1 Å². The van der Waals surface area contributed by atoms with Crippen molar-refractivity contribution in [3.63, 3.8) is 0 Å². The lowest BCUT2D eigenvalue weighted by atomic mass is 9.99. The van der Waals surface area contributed by atoms with E-state index in [0.717, 1.165) is 43.7 Å². The molecule has 142 valence electrons. The van der Waals surface area contributed by atoms with Crippen LogP contribution in [0.5, 0.6) is 11.5 Å². The summed E-state index contributed by atoms with van der Waals surface area (Å²) < 4.78 is 11.2. The van der Waals surface area contributed by atoms with Crippen molar-refractivity contribution in [1.29, 1.82) is 0 Å². The van der Waals surface area contributed by atoms with Crippen molar-refractivity contribution >= 4 is 11.7 Å². The number of fused-ring (bicyclic) bond motifs is 1. The summed E-state index contributed by atoms with van der Waals surface area (Å²) in [6.45, 7) is 3.96. The SMILES string of the molecule is Cc1cccc([C@H]2CCCCCN2C(=O)Nc2ccc3c(c2)OCCO3)c1. The predicted octanol–water partition coefficient (Wildman–Crippen LogP) is 4.92. The quantitative estimate of drug-likeness (QED) is 0.821. The molecular weight excluding hydrogens is 340 g/mol. The largest absolute Gasteiger partial charge is 0.486 e. The van der Waals surface area contributed by atoms with Gasteiger partial charge in [-0.25, -0.2) is 4.79 Å². The molecule has 0 saturated carbocycles. The highest BCUT2D eigenvalue weighted by Gasteiger charge is 2.27. The van der Waals surface area contributed by atoms with Crippen LogP contribution in [0.4, 0.5) is 10.5 Å². The maximum atomic E-state index is 13.1. The monoisotopic (exact) mass is 366 g/mol. The second-order valence-electron chi connectivity index (χ2n) is 7.26. The first-order chi connectivity index (χ1) is 13.2. The van der Waals surface area contributed by atoms with Crippen LogP contribution in [0.1, 0.15) is 42.9 Å². The molecule has 2 amide bonds. The lowest BCUT2D eigenvalue weighted by Gasteiger charge is -2.31. The number of rotatable bonds is 2. The number of urea groups is 1. The van der Waals surface area contributed by atoms with Crippen molar-refractivity contribution < 1.29 is 14.3 Å². The van der Waals surface area contributed by atoms with E-state index in [4.69, 9.17) is 9.47 Å². The van der Waals surface area contributed by atoms with Gasteiger partial charge in [0.1, 0.15) is 13.2 Å². The van der Waals surface area contributed by atoms with Crippen LogP contribution in [0.15, 0.2) is 42.5 Å². The molecule has 4 rings (SSSR count). The standard InChI is InChI=1S/C22H26N2O3/c1-16-6-5-7-17(14-16)19-8-3-2-4-11-24(19)22(25)23-18-9-10-20-21(15-18)27-13-12-26-20/h5-7,9-10,14-15,19H,2-4,8,11-13H2,1H3,(H,23,25)/t19-/m1/s1. The Morgan fingerprint density at radius 3 is 2.74 bits per heavy atom. The van der Waals surface area contributed by atoms with Crippen molar-refractivity contribution in [1.82, 2.24) is 4.90 Å². The summed E-state index contributed by atoms with van der Waals surface area (Å²) in [6.07, 6.45) is 4.34. The molecule has 1 atom stereocenters. The Balaban J connectivity index is 1.54. The van der Waals surface area contributed by atoms with Crippen LogP contribution < -0.4 is 14.8 Å². The second kappa shape index (κ2) is 7.91. The minimum Gasteiger partial charge on any atom is -0.486 e. The van der Waals surface area contributed by atoms with Crippen LogP contribution in [-0.2, 0) is 0 Å². The van der Waals surface area contributed by atoms with E-state index in [2.05, 4.69) is 36.5 Å². The van der Waals surface area contributed by atoms with Crippen molar-refractivity contribution in [2.45, 2.75) is 38.6 Å². The number of ether oxygens (including phenoxy) is 2. The van der Waals surface area contributed by atoms with Gasteiger partial charge in [0.15, 0.2) is 11.5 Å². The van der Waals surface area contributed by atoms with Crippen LogP contribution >= 0.6 is 0 Å². The molecule has 1 fully saturated rings. The Morgan fingerprint density at radius 1 is 1.04 bits per heavy atom. The summed E-state index contributed by atoms with van der Waals surface area (Å²) in [7, 11) is 0. The smallest absolute Gasteiger partial charge is 0.322 e. The summed E-state index contributed by atoms with van der Waals surface area (Å²) in [5, 5.41) is 3.06. The first-order valence-corrected chi connectivity index (χ1v) is 9.74. The van der Waals surface area contributed by atoms with Crippen molar-refractivity contribution in [3.05, 3.63) is 53.6 Å². The number of carbonyl (C=O) groups is 1. The van der Waals surface area contributed by atoms with Gasteiger partial charge in [-0.3, -0.25) is 0 Å². The Kier molecular flexibility index (Phi) is 5.19. The zero-order valence-corrected chi connectivity index (χ0v) is 15.7. The van der Waals surface area contributed by atoms with Gasteiger partial charge in [-0.05, 0) is 37.5 Å². The van der Waals surface area contributed by atoms with E-state index in [1.54, 1.807) is 0 Å². The third-order valence-electron chi connectivity index (χ3n) is 5.23. The van der Waals surface area contributed by atoms with E-state index in [0.29, 0.717) is 19.0 Å². The van der Waals surface area contributed by atoms with Crippen LogP contribution in [0, 0.1) is 6.92 Å². The van der Waals surface area contributed by atoms with E-state index >= 15 is 0 Å². The Bertz CT molecular complexity index is 821. The molecule has 1 saturated heterocycles. The minimum atomic E-state index is -0.0555. The van der Waals surface area contributed by atoms with Gasteiger partial charge in [-0.2, -0.15) is 0 Å². The van der Waals surface area contributed by atoms with Gasteiger partial charge in [-0.15, -0.1) is 0 Å². The maximum Gasteiger partial charge on any atom is 0.322 e. The lowest BCUT2D eigenvalue weighted by molar-refractivity contribution is 0.171. The number of nitrogens with one attached hydrogen (secondary N) is 1. The van der Waals surface area contributed by atoms with Crippen molar-refractivity contribution in [2.75, 3.05) is 25.1 Å². The van der Waals surface area contributed by atoms with Crippen molar-refractivity contribution in [2.24, 2.45) is 0 Å². The number of nitrogens with zero attached hydrogens (tertiary/aromatic N) is 1. The molecule has 2 aromatic carbocycles. The lowest BCUT2D eigenvalue weighted by Crippen LogP contribution is -2.38. The Morgan fingerprint density at radius 2 is 1.89 bits per heavy atom. The summed E-state index contributed by atoms with van der Waals surface area (Å²) >= 11 is 0. The molecule has 0 unspecified atom stereocenters. The van der Waals surface area contributed by atoms with Gasteiger partial charge in [0, 0.05) is 18.3 Å². The third-order valence-corrected chi connectivity index (χ3v) is 5.23. The number of carbonyl (C=O) groups excluding carboxylic acids is 1. The third kappa shape index (κ3) is 4.02. The molecule has 0 bridgehead atoms. The van der Waals surface area contributed by atoms with Gasteiger partial charge in [0.25, 0.3) is 0 Å². The Hall–Kier alpha value is -2.69. The molecule has 27 heavy (non-hydrogen) atoms. The second-order valence-corrected chi connectivity index (χ2v) is 7.26. The molecule has 2 aliphatic heterocycles. The van der Waals surface area contributed by atoms with Gasteiger partial charge in [0.05, 0.1) is 6.04 Å². The van der Waals surface area contributed by atoms with Gasteiger partial charge in [-0.1, -0.05) is 42.7 Å². The van der Waals surface area contributed by atoms with E-state index in [9.17, 15) is 4.79 Å². The molecule has 2 aromatic rings. The van der Waals surface area contributed by atoms with Crippen LogP contribution in [0.25, 0.3) is 0 Å². The van der Waals surface area contributed by atoms with Crippen LogP contribution in [-0.4, -0.2) is 30.7 Å². The molecule has 2 aliphatic rings. The first kappa shape index (κ1) is 17.7. The van der Waals surface area contributed by atoms with Gasteiger partial charge in [0.2, 0.25) is 0 Å². The number of likely N-dealkylation sites (tertiary alicyclic amines) is 1. The molecule has 0 radical (unpaired) electrons. The zero-order valence-electron chi connectivity index (χ0n) is 15.7.